The lowest BCUT2D eigenvalue weighted by Gasteiger charge is -2.07. The largest absolute Gasteiger partial charge is 0.508 e. The zero-order chi connectivity index (χ0) is 14.0. The highest BCUT2D eigenvalue weighted by atomic mass is 16.3. The lowest BCUT2D eigenvalue weighted by Crippen LogP contribution is -2.23. The predicted octanol–water partition coefficient (Wildman–Crippen LogP) is 0.946. The van der Waals surface area contributed by atoms with Crippen molar-refractivity contribution in [2.24, 2.45) is 7.05 Å². The van der Waals surface area contributed by atoms with Crippen molar-refractivity contribution in [1.82, 2.24) is 15.1 Å². The minimum atomic E-state index is -0.229. The van der Waals surface area contributed by atoms with Crippen molar-refractivity contribution in [3.8, 4) is 5.75 Å². The van der Waals surface area contributed by atoms with Crippen LogP contribution in [0, 0.1) is 6.92 Å². The van der Waals surface area contributed by atoms with Gasteiger partial charge in [0, 0.05) is 30.5 Å². The summed E-state index contributed by atoms with van der Waals surface area (Å²) in [6, 6.07) is 4.74. The Bertz CT molecular complexity index is 619. The quantitative estimate of drug-likeness (QED) is 0.565. The molecule has 0 saturated heterocycles. The molecule has 1 amide bonds. The van der Waals surface area contributed by atoms with Crippen molar-refractivity contribution < 1.29 is 9.90 Å². The average molecular weight is 260 g/mol. The lowest BCUT2D eigenvalue weighted by atomic mass is 10.1. The van der Waals surface area contributed by atoms with Gasteiger partial charge >= 0.3 is 0 Å². The van der Waals surface area contributed by atoms with Crippen LogP contribution in [-0.4, -0.2) is 20.8 Å². The first kappa shape index (κ1) is 12.9. The van der Waals surface area contributed by atoms with E-state index in [4.69, 9.17) is 5.73 Å². The fourth-order valence-electron chi connectivity index (χ4n) is 1.74. The molecule has 0 unspecified atom stereocenters. The van der Waals surface area contributed by atoms with Gasteiger partial charge in [0.05, 0.1) is 11.8 Å². The first-order valence-corrected chi connectivity index (χ1v) is 5.83. The van der Waals surface area contributed by atoms with Crippen LogP contribution >= 0.6 is 0 Å². The van der Waals surface area contributed by atoms with E-state index in [9.17, 15) is 9.90 Å². The maximum atomic E-state index is 12.0. The fraction of sp³-hybridized carbons (Fsp3) is 0.231. The Morgan fingerprint density at radius 3 is 2.89 bits per heavy atom. The molecule has 2 aromatic rings. The van der Waals surface area contributed by atoms with Gasteiger partial charge in [-0.25, -0.2) is 0 Å². The SMILES string of the molecule is Cc1c(C(=O)NCc2cc(N)ccc2O)cnn1C. The maximum Gasteiger partial charge on any atom is 0.255 e. The summed E-state index contributed by atoms with van der Waals surface area (Å²) in [5, 5.41) is 16.4. The van der Waals surface area contributed by atoms with E-state index in [0.29, 0.717) is 16.8 Å². The first-order valence-electron chi connectivity index (χ1n) is 5.83. The number of hydrogen-bond acceptors (Lipinski definition) is 4. The molecular formula is C13H16N4O2. The predicted molar refractivity (Wildman–Crippen MR) is 71.6 cm³/mol. The molecular weight excluding hydrogens is 244 g/mol. The molecule has 0 fully saturated rings. The number of amides is 1. The molecule has 0 bridgehead atoms. The smallest absolute Gasteiger partial charge is 0.255 e. The summed E-state index contributed by atoms with van der Waals surface area (Å²) in [5.74, 6) is -0.121. The number of carbonyl (C=O) groups excluding carboxylic acids is 1. The second kappa shape index (κ2) is 5.01. The standard InChI is InChI=1S/C13H16N4O2/c1-8-11(7-16-17(8)2)13(19)15-6-9-5-10(14)3-4-12(9)18/h3-5,7,18H,6,14H2,1-2H3,(H,15,19). The molecule has 0 aliphatic heterocycles. The van der Waals surface area contributed by atoms with Crippen molar-refractivity contribution in [2.45, 2.75) is 13.5 Å². The Morgan fingerprint density at radius 1 is 1.53 bits per heavy atom. The first-order chi connectivity index (χ1) is 8.99. The highest BCUT2D eigenvalue weighted by Gasteiger charge is 2.13. The van der Waals surface area contributed by atoms with Gasteiger partial charge in [0.15, 0.2) is 0 Å². The fourth-order valence-corrected chi connectivity index (χ4v) is 1.74. The molecule has 19 heavy (non-hydrogen) atoms. The number of phenols is 1. The molecule has 1 aromatic heterocycles. The van der Waals surface area contributed by atoms with Gasteiger partial charge in [0.2, 0.25) is 0 Å². The molecule has 1 aromatic carbocycles. The van der Waals surface area contributed by atoms with Crippen LogP contribution in [0.5, 0.6) is 5.75 Å². The minimum Gasteiger partial charge on any atom is -0.508 e. The van der Waals surface area contributed by atoms with Crippen LogP contribution in [0.3, 0.4) is 0 Å². The van der Waals surface area contributed by atoms with Crippen LogP contribution in [0.25, 0.3) is 0 Å². The van der Waals surface area contributed by atoms with Gasteiger partial charge in [-0.1, -0.05) is 0 Å². The third-order valence-electron chi connectivity index (χ3n) is 3.02. The number of nitrogens with zero attached hydrogens (tertiary/aromatic N) is 2. The van der Waals surface area contributed by atoms with Crippen LogP contribution in [0.2, 0.25) is 0 Å². The maximum absolute atomic E-state index is 12.0. The molecule has 2 rings (SSSR count). The van der Waals surface area contributed by atoms with E-state index in [1.165, 1.54) is 12.3 Å². The molecule has 0 spiro atoms. The summed E-state index contributed by atoms with van der Waals surface area (Å²) < 4.78 is 1.63. The number of carbonyl (C=O) groups is 1. The van der Waals surface area contributed by atoms with Gasteiger partial charge in [-0.05, 0) is 25.1 Å². The van der Waals surface area contributed by atoms with E-state index >= 15 is 0 Å². The van der Waals surface area contributed by atoms with E-state index in [2.05, 4.69) is 10.4 Å². The summed E-state index contributed by atoms with van der Waals surface area (Å²) in [6.45, 7) is 2.03. The van der Waals surface area contributed by atoms with E-state index < -0.39 is 0 Å². The Hall–Kier alpha value is -2.50. The molecule has 6 heteroatoms. The van der Waals surface area contributed by atoms with Gasteiger partial charge in [-0.15, -0.1) is 0 Å². The topological polar surface area (TPSA) is 93.2 Å². The van der Waals surface area contributed by atoms with E-state index in [1.54, 1.807) is 23.9 Å². The summed E-state index contributed by atoms with van der Waals surface area (Å²) in [5.41, 5.74) is 8.06. The summed E-state index contributed by atoms with van der Waals surface area (Å²) in [6.07, 6.45) is 1.52. The zero-order valence-electron chi connectivity index (χ0n) is 10.8. The lowest BCUT2D eigenvalue weighted by molar-refractivity contribution is 0.0950. The summed E-state index contributed by atoms with van der Waals surface area (Å²) >= 11 is 0. The molecule has 100 valence electrons. The number of nitrogens with two attached hydrogens (primary N) is 1. The van der Waals surface area contributed by atoms with Crippen molar-refractivity contribution in [1.29, 1.82) is 0 Å². The van der Waals surface area contributed by atoms with Gasteiger partial charge in [-0.2, -0.15) is 5.10 Å². The highest BCUT2D eigenvalue weighted by molar-refractivity contribution is 5.95. The van der Waals surface area contributed by atoms with Crippen LogP contribution in [0.15, 0.2) is 24.4 Å². The Kier molecular flexibility index (Phi) is 3.41. The molecule has 0 aliphatic rings. The van der Waals surface area contributed by atoms with Gasteiger partial charge in [0.25, 0.3) is 5.91 Å². The second-order valence-corrected chi connectivity index (χ2v) is 4.34. The Labute approximate surface area is 110 Å². The van der Waals surface area contributed by atoms with Crippen LogP contribution in [-0.2, 0) is 13.6 Å². The Morgan fingerprint density at radius 2 is 2.26 bits per heavy atom. The van der Waals surface area contributed by atoms with Crippen molar-refractivity contribution in [3.05, 3.63) is 41.2 Å². The third-order valence-corrected chi connectivity index (χ3v) is 3.02. The number of benzene rings is 1. The number of aromatic nitrogens is 2. The van der Waals surface area contributed by atoms with E-state index in [0.717, 1.165) is 5.69 Å². The third kappa shape index (κ3) is 2.67. The van der Waals surface area contributed by atoms with Crippen LogP contribution in [0.1, 0.15) is 21.6 Å². The van der Waals surface area contributed by atoms with Crippen molar-refractivity contribution in [2.75, 3.05) is 5.73 Å². The molecule has 4 N–H and O–H groups in total. The number of hydrogen-bond donors (Lipinski definition) is 3. The molecule has 0 radical (unpaired) electrons. The van der Waals surface area contributed by atoms with E-state index in [1.807, 2.05) is 6.92 Å². The number of phenolic OH excluding ortho intramolecular Hbond substituents is 1. The average Bonchev–Trinajstić information content (AvgIpc) is 2.71. The highest BCUT2D eigenvalue weighted by Crippen LogP contribution is 2.19. The second-order valence-electron chi connectivity index (χ2n) is 4.34. The van der Waals surface area contributed by atoms with Gasteiger partial charge < -0.3 is 16.2 Å². The molecule has 0 saturated carbocycles. The normalized spacial score (nSPS) is 10.4. The van der Waals surface area contributed by atoms with Gasteiger partial charge in [0.1, 0.15) is 5.75 Å². The summed E-state index contributed by atoms with van der Waals surface area (Å²) in [7, 11) is 1.77. The number of rotatable bonds is 3. The molecule has 6 nitrogen and oxygen atoms in total. The number of anilines is 1. The molecule has 0 atom stereocenters. The minimum absolute atomic E-state index is 0.109. The number of nitrogens with one attached hydrogen (secondary N) is 1. The number of aromatic hydroxyl groups is 1. The number of nitrogen functional groups attached to an aromatic ring is 1. The van der Waals surface area contributed by atoms with Crippen molar-refractivity contribution in [3.63, 3.8) is 0 Å². The monoisotopic (exact) mass is 260 g/mol. The van der Waals surface area contributed by atoms with Crippen LogP contribution in [0.4, 0.5) is 5.69 Å². The van der Waals surface area contributed by atoms with E-state index in [-0.39, 0.29) is 18.2 Å². The zero-order valence-corrected chi connectivity index (χ0v) is 10.8. The Balaban J connectivity index is 2.08. The molecule has 1 heterocycles. The molecule has 0 aliphatic carbocycles. The number of aryl methyl sites for hydroxylation is 1. The van der Waals surface area contributed by atoms with Gasteiger partial charge in [-0.3, -0.25) is 9.48 Å². The van der Waals surface area contributed by atoms with Crippen LogP contribution < -0.4 is 11.1 Å². The van der Waals surface area contributed by atoms with Crippen molar-refractivity contribution >= 4 is 11.6 Å². The summed E-state index contributed by atoms with van der Waals surface area (Å²) in [4.78, 5) is 12.0.